The number of fused-ring (bicyclic) bond motifs is 1. The molecule has 0 saturated carbocycles. The number of aromatic nitrogens is 1. The van der Waals surface area contributed by atoms with Crippen molar-refractivity contribution in [1.82, 2.24) is 4.98 Å². The summed E-state index contributed by atoms with van der Waals surface area (Å²) in [6.45, 7) is 1.94. The number of carbonyl (C=O) groups excluding carboxylic acids is 1. The van der Waals surface area contributed by atoms with E-state index in [0.29, 0.717) is 5.56 Å². The molecule has 0 atom stereocenters. The molecule has 0 fully saturated rings. The first-order chi connectivity index (χ1) is 8.75. The Morgan fingerprint density at radius 1 is 1.22 bits per heavy atom. The average Bonchev–Trinajstić information content (AvgIpc) is 2.82. The van der Waals surface area contributed by atoms with Crippen LogP contribution in [0.1, 0.15) is 21.5 Å². The molecule has 18 heavy (non-hydrogen) atoms. The summed E-state index contributed by atoms with van der Waals surface area (Å²) in [5, 5.41) is 2.95. The van der Waals surface area contributed by atoms with E-state index >= 15 is 0 Å². The normalized spacial score (nSPS) is 10.7. The SMILES string of the molecule is Cc1cncc(C(=O)c2csc3ccccc23)c1. The summed E-state index contributed by atoms with van der Waals surface area (Å²) in [7, 11) is 0. The lowest BCUT2D eigenvalue weighted by molar-refractivity contribution is 0.104. The first kappa shape index (κ1) is 11.1. The molecular weight excluding hydrogens is 242 g/mol. The van der Waals surface area contributed by atoms with Gasteiger partial charge in [0.2, 0.25) is 0 Å². The van der Waals surface area contributed by atoms with Gasteiger partial charge in [-0.2, -0.15) is 0 Å². The molecule has 0 amide bonds. The van der Waals surface area contributed by atoms with Crippen LogP contribution in [0.4, 0.5) is 0 Å². The third kappa shape index (κ3) is 1.83. The fourth-order valence-corrected chi connectivity index (χ4v) is 2.93. The lowest BCUT2D eigenvalue weighted by Crippen LogP contribution is -2.01. The molecule has 0 N–H and O–H groups in total. The highest BCUT2D eigenvalue weighted by Crippen LogP contribution is 2.27. The summed E-state index contributed by atoms with van der Waals surface area (Å²) in [6, 6.07) is 9.84. The van der Waals surface area contributed by atoms with Crippen molar-refractivity contribution in [3.8, 4) is 0 Å². The molecule has 2 heterocycles. The highest BCUT2D eigenvalue weighted by Gasteiger charge is 2.14. The van der Waals surface area contributed by atoms with Crippen LogP contribution < -0.4 is 0 Å². The van der Waals surface area contributed by atoms with Crippen LogP contribution in [0.5, 0.6) is 0 Å². The largest absolute Gasteiger partial charge is 0.288 e. The molecule has 0 aliphatic rings. The second kappa shape index (κ2) is 4.35. The third-order valence-corrected chi connectivity index (χ3v) is 3.83. The molecule has 2 nitrogen and oxygen atoms in total. The van der Waals surface area contributed by atoms with Crippen LogP contribution in [-0.4, -0.2) is 10.8 Å². The van der Waals surface area contributed by atoms with E-state index in [1.807, 2.05) is 42.6 Å². The first-order valence-electron chi connectivity index (χ1n) is 5.68. The van der Waals surface area contributed by atoms with Crippen LogP contribution in [0.15, 0.2) is 48.1 Å². The van der Waals surface area contributed by atoms with Gasteiger partial charge < -0.3 is 0 Å². The number of carbonyl (C=O) groups is 1. The number of nitrogens with zero attached hydrogens (tertiary/aromatic N) is 1. The fraction of sp³-hybridized carbons (Fsp3) is 0.0667. The van der Waals surface area contributed by atoms with Gasteiger partial charge in [0.15, 0.2) is 5.78 Å². The molecule has 0 aliphatic heterocycles. The van der Waals surface area contributed by atoms with Gasteiger partial charge in [0, 0.05) is 39.0 Å². The van der Waals surface area contributed by atoms with E-state index < -0.39 is 0 Å². The predicted octanol–water partition coefficient (Wildman–Crippen LogP) is 3.84. The van der Waals surface area contributed by atoms with Gasteiger partial charge in [0.05, 0.1) is 0 Å². The minimum atomic E-state index is 0.0450. The lowest BCUT2D eigenvalue weighted by Gasteiger charge is -2.00. The van der Waals surface area contributed by atoms with Gasteiger partial charge in [-0.3, -0.25) is 9.78 Å². The van der Waals surface area contributed by atoms with E-state index in [0.717, 1.165) is 21.2 Å². The summed E-state index contributed by atoms with van der Waals surface area (Å²) in [5.41, 5.74) is 2.42. The molecule has 88 valence electrons. The van der Waals surface area contributed by atoms with Gasteiger partial charge in [-0.1, -0.05) is 18.2 Å². The maximum absolute atomic E-state index is 12.4. The number of aryl methyl sites for hydroxylation is 1. The highest BCUT2D eigenvalue weighted by molar-refractivity contribution is 7.17. The Labute approximate surface area is 109 Å². The van der Waals surface area contributed by atoms with Crippen molar-refractivity contribution in [1.29, 1.82) is 0 Å². The zero-order chi connectivity index (χ0) is 12.5. The van der Waals surface area contributed by atoms with Crippen LogP contribution >= 0.6 is 11.3 Å². The molecule has 1 aromatic carbocycles. The Kier molecular flexibility index (Phi) is 2.68. The van der Waals surface area contributed by atoms with Gasteiger partial charge in [-0.25, -0.2) is 0 Å². The van der Waals surface area contributed by atoms with Gasteiger partial charge in [0.25, 0.3) is 0 Å². The van der Waals surface area contributed by atoms with E-state index in [2.05, 4.69) is 4.98 Å². The topological polar surface area (TPSA) is 30.0 Å². The van der Waals surface area contributed by atoms with Crippen LogP contribution in [0, 0.1) is 6.92 Å². The van der Waals surface area contributed by atoms with E-state index in [9.17, 15) is 4.79 Å². The quantitative estimate of drug-likeness (QED) is 0.649. The second-order valence-corrected chi connectivity index (χ2v) is 5.14. The van der Waals surface area contributed by atoms with Gasteiger partial charge in [-0.05, 0) is 24.6 Å². The van der Waals surface area contributed by atoms with Crippen molar-refractivity contribution in [3.63, 3.8) is 0 Å². The standard InChI is InChI=1S/C15H11NOS/c1-10-6-11(8-16-7-10)15(17)13-9-18-14-5-3-2-4-12(13)14/h2-9H,1H3. The summed E-state index contributed by atoms with van der Waals surface area (Å²) in [5.74, 6) is 0.0450. The van der Waals surface area contributed by atoms with E-state index in [1.165, 1.54) is 0 Å². The van der Waals surface area contributed by atoms with E-state index in [-0.39, 0.29) is 5.78 Å². The van der Waals surface area contributed by atoms with E-state index in [4.69, 9.17) is 0 Å². The van der Waals surface area contributed by atoms with Crippen molar-refractivity contribution < 1.29 is 4.79 Å². The summed E-state index contributed by atoms with van der Waals surface area (Å²) in [4.78, 5) is 16.5. The van der Waals surface area contributed by atoms with Crippen LogP contribution in [-0.2, 0) is 0 Å². The molecule has 3 rings (SSSR count). The molecule has 0 saturated heterocycles. The Bertz CT molecular complexity index is 730. The number of benzene rings is 1. The van der Waals surface area contributed by atoms with Gasteiger partial charge >= 0.3 is 0 Å². The van der Waals surface area contributed by atoms with Gasteiger partial charge in [0.1, 0.15) is 0 Å². The van der Waals surface area contributed by atoms with Crippen molar-refractivity contribution >= 4 is 27.2 Å². The third-order valence-electron chi connectivity index (χ3n) is 2.86. The zero-order valence-corrected chi connectivity index (χ0v) is 10.7. The van der Waals surface area contributed by atoms with Crippen molar-refractivity contribution in [3.05, 3.63) is 64.8 Å². The maximum Gasteiger partial charge on any atom is 0.196 e. The Hall–Kier alpha value is -2.00. The number of hydrogen-bond donors (Lipinski definition) is 0. The summed E-state index contributed by atoms with van der Waals surface area (Å²) >= 11 is 1.60. The summed E-state index contributed by atoms with van der Waals surface area (Å²) < 4.78 is 1.14. The molecule has 3 heteroatoms. The summed E-state index contributed by atoms with van der Waals surface area (Å²) in [6.07, 6.45) is 3.38. The molecule has 2 aromatic heterocycles. The number of rotatable bonds is 2. The van der Waals surface area contributed by atoms with Crippen LogP contribution in [0.3, 0.4) is 0 Å². The highest BCUT2D eigenvalue weighted by atomic mass is 32.1. The minimum Gasteiger partial charge on any atom is -0.288 e. The molecule has 0 spiro atoms. The molecule has 0 bridgehead atoms. The fourth-order valence-electron chi connectivity index (χ4n) is 1.99. The van der Waals surface area contributed by atoms with Crippen LogP contribution in [0.25, 0.3) is 10.1 Å². The number of thiophene rings is 1. The number of ketones is 1. The van der Waals surface area contributed by atoms with Crippen molar-refractivity contribution in [2.45, 2.75) is 6.92 Å². The Morgan fingerprint density at radius 2 is 2.06 bits per heavy atom. The maximum atomic E-state index is 12.4. The number of pyridine rings is 1. The minimum absolute atomic E-state index is 0.0450. The van der Waals surface area contributed by atoms with Crippen molar-refractivity contribution in [2.24, 2.45) is 0 Å². The monoisotopic (exact) mass is 253 g/mol. The van der Waals surface area contributed by atoms with Crippen molar-refractivity contribution in [2.75, 3.05) is 0 Å². The molecule has 0 unspecified atom stereocenters. The van der Waals surface area contributed by atoms with E-state index in [1.54, 1.807) is 23.7 Å². The molecule has 0 radical (unpaired) electrons. The molecule has 0 aliphatic carbocycles. The zero-order valence-electron chi connectivity index (χ0n) is 9.88. The average molecular weight is 253 g/mol. The molecular formula is C15H11NOS. The predicted molar refractivity (Wildman–Crippen MR) is 74.2 cm³/mol. The first-order valence-corrected chi connectivity index (χ1v) is 6.56. The lowest BCUT2D eigenvalue weighted by atomic mass is 10.0. The van der Waals surface area contributed by atoms with Crippen LogP contribution in [0.2, 0.25) is 0 Å². The molecule has 3 aromatic rings. The second-order valence-electron chi connectivity index (χ2n) is 4.23. The smallest absolute Gasteiger partial charge is 0.196 e. The Morgan fingerprint density at radius 3 is 2.89 bits per heavy atom. The van der Waals surface area contributed by atoms with Gasteiger partial charge in [-0.15, -0.1) is 11.3 Å². The number of hydrogen-bond acceptors (Lipinski definition) is 3. The Balaban J connectivity index is 2.12.